The van der Waals surface area contributed by atoms with Crippen molar-refractivity contribution < 1.29 is 13.9 Å². The first-order valence-electron chi connectivity index (χ1n) is 7.90. The van der Waals surface area contributed by atoms with E-state index in [0.717, 1.165) is 36.1 Å². The number of aryl methyl sites for hydroxylation is 2. The van der Waals surface area contributed by atoms with Gasteiger partial charge in [0.1, 0.15) is 23.7 Å². The van der Waals surface area contributed by atoms with E-state index in [2.05, 4.69) is 4.98 Å². The fourth-order valence-corrected chi connectivity index (χ4v) is 4.24. The first-order chi connectivity index (χ1) is 11.7. The number of rotatable bonds is 4. The molecule has 1 aliphatic rings. The molecule has 7 heteroatoms. The lowest BCUT2D eigenvalue weighted by atomic mass is 9.97. The molecule has 0 N–H and O–H groups in total. The molecule has 1 aliphatic carbocycles. The zero-order valence-electron chi connectivity index (χ0n) is 13.0. The minimum Gasteiger partial charge on any atom is -0.466 e. The topological polar surface area (TPSA) is 74.3 Å². The predicted octanol–water partition coefficient (Wildman–Crippen LogP) is 2.67. The van der Waals surface area contributed by atoms with Crippen molar-refractivity contribution >= 4 is 27.5 Å². The van der Waals surface area contributed by atoms with Gasteiger partial charge in [-0.2, -0.15) is 0 Å². The van der Waals surface area contributed by atoms with Crippen LogP contribution in [0.25, 0.3) is 10.2 Å². The number of carbonyl (C=O) groups excluding carboxylic acids is 1. The Morgan fingerprint density at radius 2 is 2.25 bits per heavy atom. The van der Waals surface area contributed by atoms with Gasteiger partial charge < -0.3 is 9.15 Å². The quantitative estimate of drug-likeness (QED) is 0.680. The Morgan fingerprint density at radius 3 is 3.08 bits per heavy atom. The fourth-order valence-electron chi connectivity index (χ4n) is 3.02. The van der Waals surface area contributed by atoms with Crippen LogP contribution in [-0.4, -0.2) is 15.5 Å². The number of hydrogen-bond donors (Lipinski definition) is 0. The Hall–Kier alpha value is -2.41. The van der Waals surface area contributed by atoms with Crippen molar-refractivity contribution in [3.05, 3.63) is 51.3 Å². The normalized spacial score (nSPS) is 13.8. The van der Waals surface area contributed by atoms with E-state index in [1.807, 2.05) is 0 Å². The molecule has 3 heterocycles. The number of carbonyl (C=O) groups is 1. The molecule has 124 valence electrons. The van der Waals surface area contributed by atoms with Gasteiger partial charge in [-0.05, 0) is 43.4 Å². The summed E-state index contributed by atoms with van der Waals surface area (Å²) in [4.78, 5) is 31.1. The van der Waals surface area contributed by atoms with Gasteiger partial charge in [0.2, 0.25) is 0 Å². The molecule has 0 aromatic carbocycles. The summed E-state index contributed by atoms with van der Waals surface area (Å²) in [6.07, 6.45) is 7.14. The minimum atomic E-state index is -0.487. The SMILES string of the molecule is O=C(Cn1cnc2sc3c(c2c1=O)CCCC3)OCc1ccco1. The highest BCUT2D eigenvalue weighted by atomic mass is 32.1. The summed E-state index contributed by atoms with van der Waals surface area (Å²) in [5.74, 6) is 0.0786. The molecule has 0 unspecified atom stereocenters. The van der Waals surface area contributed by atoms with E-state index < -0.39 is 5.97 Å². The molecule has 0 aliphatic heterocycles. The van der Waals surface area contributed by atoms with E-state index in [1.54, 1.807) is 23.5 Å². The number of esters is 1. The predicted molar refractivity (Wildman–Crippen MR) is 89.0 cm³/mol. The minimum absolute atomic E-state index is 0.0596. The molecule has 0 saturated heterocycles. The zero-order chi connectivity index (χ0) is 16.5. The molecule has 0 amide bonds. The van der Waals surface area contributed by atoms with Crippen molar-refractivity contribution in [1.29, 1.82) is 0 Å². The van der Waals surface area contributed by atoms with Crippen LogP contribution in [-0.2, 0) is 35.5 Å². The molecule has 0 atom stereocenters. The first kappa shape index (κ1) is 15.1. The van der Waals surface area contributed by atoms with Crippen LogP contribution in [0.4, 0.5) is 0 Å². The molecule has 4 rings (SSSR count). The lowest BCUT2D eigenvalue weighted by molar-refractivity contribution is -0.146. The van der Waals surface area contributed by atoms with Crippen molar-refractivity contribution in [2.24, 2.45) is 0 Å². The van der Waals surface area contributed by atoms with Crippen LogP contribution in [0, 0.1) is 0 Å². The molecule has 0 fully saturated rings. The third-order valence-corrected chi connectivity index (χ3v) is 5.40. The van der Waals surface area contributed by atoms with Gasteiger partial charge in [-0.3, -0.25) is 14.2 Å². The largest absolute Gasteiger partial charge is 0.466 e. The highest BCUT2D eigenvalue weighted by Crippen LogP contribution is 2.33. The number of aromatic nitrogens is 2. The van der Waals surface area contributed by atoms with E-state index >= 15 is 0 Å². The second-order valence-electron chi connectivity index (χ2n) is 5.81. The van der Waals surface area contributed by atoms with Crippen molar-refractivity contribution in [3.8, 4) is 0 Å². The van der Waals surface area contributed by atoms with E-state index in [4.69, 9.17) is 9.15 Å². The van der Waals surface area contributed by atoms with Gasteiger partial charge in [0, 0.05) is 4.88 Å². The van der Waals surface area contributed by atoms with Crippen molar-refractivity contribution in [1.82, 2.24) is 9.55 Å². The molecule has 3 aromatic rings. The Balaban J connectivity index is 1.57. The second-order valence-corrected chi connectivity index (χ2v) is 6.89. The number of ether oxygens (including phenoxy) is 1. The van der Waals surface area contributed by atoms with Gasteiger partial charge in [0.25, 0.3) is 5.56 Å². The van der Waals surface area contributed by atoms with Crippen LogP contribution in [0.1, 0.15) is 29.0 Å². The van der Waals surface area contributed by atoms with E-state index in [0.29, 0.717) is 11.1 Å². The molecule has 24 heavy (non-hydrogen) atoms. The average molecular weight is 344 g/mol. The molecule has 0 saturated carbocycles. The van der Waals surface area contributed by atoms with Gasteiger partial charge in [0.05, 0.1) is 18.0 Å². The zero-order valence-corrected chi connectivity index (χ0v) is 13.8. The number of thiophene rings is 1. The van der Waals surface area contributed by atoms with Gasteiger partial charge >= 0.3 is 5.97 Å². The lowest BCUT2D eigenvalue weighted by Gasteiger charge is -2.10. The molecule has 6 nitrogen and oxygen atoms in total. The van der Waals surface area contributed by atoms with E-state index in [9.17, 15) is 9.59 Å². The number of furan rings is 1. The summed E-state index contributed by atoms with van der Waals surface area (Å²) in [6, 6.07) is 3.45. The summed E-state index contributed by atoms with van der Waals surface area (Å²) in [6.45, 7) is -0.0861. The molecular weight excluding hydrogens is 328 g/mol. The van der Waals surface area contributed by atoms with E-state index in [1.165, 1.54) is 22.0 Å². The molecule has 0 bridgehead atoms. The maximum atomic E-state index is 12.7. The maximum Gasteiger partial charge on any atom is 0.326 e. The highest BCUT2D eigenvalue weighted by Gasteiger charge is 2.20. The Kier molecular flexibility index (Phi) is 3.93. The van der Waals surface area contributed by atoms with Crippen LogP contribution in [0.15, 0.2) is 33.9 Å². The molecule has 0 spiro atoms. The number of fused-ring (bicyclic) bond motifs is 3. The first-order valence-corrected chi connectivity index (χ1v) is 8.72. The number of hydrogen-bond acceptors (Lipinski definition) is 6. The molecular formula is C17H16N2O4S. The monoisotopic (exact) mass is 344 g/mol. The smallest absolute Gasteiger partial charge is 0.326 e. The summed E-state index contributed by atoms with van der Waals surface area (Å²) in [5.41, 5.74) is 0.964. The summed E-state index contributed by atoms with van der Waals surface area (Å²) in [7, 11) is 0. The van der Waals surface area contributed by atoms with Crippen LogP contribution >= 0.6 is 11.3 Å². The Bertz CT molecular complexity index is 940. The summed E-state index contributed by atoms with van der Waals surface area (Å²) >= 11 is 1.60. The Morgan fingerprint density at radius 1 is 1.38 bits per heavy atom. The summed E-state index contributed by atoms with van der Waals surface area (Å²) in [5, 5.41) is 0.677. The third-order valence-electron chi connectivity index (χ3n) is 4.20. The molecule has 3 aromatic heterocycles. The van der Waals surface area contributed by atoms with Crippen molar-refractivity contribution in [2.45, 2.75) is 38.8 Å². The van der Waals surface area contributed by atoms with Gasteiger partial charge in [-0.25, -0.2) is 4.98 Å². The fraction of sp³-hybridized carbons (Fsp3) is 0.353. The van der Waals surface area contributed by atoms with E-state index in [-0.39, 0.29) is 18.7 Å². The van der Waals surface area contributed by atoms with Crippen LogP contribution in [0.2, 0.25) is 0 Å². The highest BCUT2D eigenvalue weighted by molar-refractivity contribution is 7.18. The lowest BCUT2D eigenvalue weighted by Crippen LogP contribution is -2.26. The van der Waals surface area contributed by atoms with Gasteiger partial charge in [0.15, 0.2) is 0 Å². The van der Waals surface area contributed by atoms with Crippen LogP contribution in [0.5, 0.6) is 0 Å². The standard InChI is InChI=1S/C17H16N2O4S/c20-14(23-9-11-4-3-7-22-11)8-19-10-18-16-15(17(19)21)12-5-1-2-6-13(12)24-16/h3-4,7,10H,1-2,5-6,8-9H2. The van der Waals surface area contributed by atoms with Gasteiger partial charge in [-0.15, -0.1) is 11.3 Å². The number of nitrogens with zero attached hydrogens (tertiary/aromatic N) is 2. The maximum absolute atomic E-state index is 12.7. The summed E-state index contributed by atoms with van der Waals surface area (Å²) < 4.78 is 11.6. The van der Waals surface area contributed by atoms with Crippen LogP contribution < -0.4 is 5.56 Å². The van der Waals surface area contributed by atoms with Crippen molar-refractivity contribution in [3.63, 3.8) is 0 Å². The third kappa shape index (κ3) is 2.75. The molecule has 0 radical (unpaired) electrons. The average Bonchev–Trinajstić information content (AvgIpc) is 3.22. The van der Waals surface area contributed by atoms with Crippen molar-refractivity contribution in [2.75, 3.05) is 0 Å². The van der Waals surface area contributed by atoms with Crippen LogP contribution in [0.3, 0.4) is 0 Å². The Labute approximate surface area is 141 Å². The second kappa shape index (κ2) is 6.24. The van der Waals surface area contributed by atoms with Gasteiger partial charge in [-0.1, -0.05) is 0 Å².